The smallest absolute Gasteiger partial charge is 0.305 e. The molecular formula is C16H20BrNO3. The van der Waals surface area contributed by atoms with E-state index in [0.717, 1.165) is 42.4 Å². The summed E-state index contributed by atoms with van der Waals surface area (Å²) >= 11 is 3.45. The third-order valence-electron chi connectivity index (χ3n) is 3.74. The SMILES string of the molecule is COC(=O)CCCCCC(=O)N1CCc2ccc(Br)cc21. The maximum Gasteiger partial charge on any atom is 0.305 e. The first-order valence-corrected chi connectivity index (χ1v) is 8.06. The fourth-order valence-electron chi connectivity index (χ4n) is 2.57. The zero-order chi connectivity index (χ0) is 15.2. The van der Waals surface area contributed by atoms with Crippen LogP contribution in [0.3, 0.4) is 0 Å². The number of nitrogens with zero attached hydrogens (tertiary/aromatic N) is 1. The number of esters is 1. The number of halogens is 1. The van der Waals surface area contributed by atoms with Gasteiger partial charge in [0.05, 0.1) is 7.11 Å². The van der Waals surface area contributed by atoms with E-state index in [1.807, 2.05) is 17.0 Å². The minimum absolute atomic E-state index is 0.171. The molecule has 21 heavy (non-hydrogen) atoms. The van der Waals surface area contributed by atoms with Gasteiger partial charge in [0.2, 0.25) is 5.91 Å². The van der Waals surface area contributed by atoms with E-state index in [4.69, 9.17) is 0 Å². The predicted octanol–water partition coefficient (Wildman–Crippen LogP) is 3.46. The summed E-state index contributed by atoms with van der Waals surface area (Å²) in [4.78, 5) is 25.2. The summed E-state index contributed by atoms with van der Waals surface area (Å²) < 4.78 is 5.59. The van der Waals surface area contributed by atoms with E-state index in [2.05, 4.69) is 26.7 Å². The number of carbonyl (C=O) groups excluding carboxylic acids is 2. The van der Waals surface area contributed by atoms with Crippen LogP contribution >= 0.6 is 15.9 Å². The first-order chi connectivity index (χ1) is 10.1. The minimum Gasteiger partial charge on any atom is -0.469 e. The van der Waals surface area contributed by atoms with Crippen LogP contribution in [0.2, 0.25) is 0 Å². The van der Waals surface area contributed by atoms with Gasteiger partial charge in [-0.05, 0) is 37.0 Å². The molecule has 2 rings (SSSR count). The van der Waals surface area contributed by atoms with Crippen LogP contribution < -0.4 is 4.90 Å². The Kier molecular flexibility index (Phi) is 5.79. The Hall–Kier alpha value is -1.36. The number of rotatable bonds is 6. The summed E-state index contributed by atoms with van der Waals surface area (Å²) in [5, 5.41) is 0. The molecule has 0 aliphatic carbocycles. The molecule has 1 amide bonds. The van der Waals surface area contributed by atoms with E-state index >= 15 is 0 Å². The fourth-order valence-corrected chi connectivity index (χ4v) is 2.92. The lowest BCUT2D eigenvalue weighted by molar-refractivity contribution is -0.140. The van der Waals surface area contributed by atoms with Crippen LogP contribution in [-0.4, -0.2) is 25.5 Å². The predicted molar refractivity (Wildman–Crippen MR) is 85.3 cm³/mol. The van der Waals surface area contributed by atoms with Crippen molar-refractivity contribution in [3.63, 3.8) is 0 Å². The van der Waals surface area contributed by atoms with E-state index in [1.54, 1.807) is 0 Å². The van der Waals surface area contributed by atoms with Gasteiger partial charge >= 0.3 is 5.97 Å². The van der Waals surface area contributed by atoms with Crippen molar-refractivity contribution in [1.29, 1.82) is 0 Å². The van der Waals surface area contributed by atoms with E-state index in [-0.39, 0.29) is 11.9 Å². The monoisotopic (exact) mass is 353 g/mol. The van der Waals surface area contributed by atoms with Crippen LogP contribution in [-0.2, 0) is 20.7 Å². The number of carbonyl (C=O) groups is 2. The van der Waals surface area contributed by atoms with Crippen LogP contribution in [0.15, 0.2) is 22.7 Å². The van der Waals surface area contributed by atoms with E-state index in [1.165, 1.54) is 12.7 Å². The Balaban J connectivity index is 1.78. The highest BCUT2D eigenvalue weighted by Gasteiger charge is 2.24. The van der Waals surface area contributed by atoms with Crippen molar-refractivity contribution in [2.45, 2.75) is 38.5 Å². The second-order valence-corrected chi connectivity index (χ2v) is 6.12. The number of ether oxygens (including phenoxy) is 1. The molecule has 0 radical (unpaired) electrons. The van der Waals surface area contributed by atoms with E-state index < -0.39 is 0 Å². The summed E-state index contributed by atoms with van der Waals surface area (Å²) in [6.45, 7) is 0.771. The number of benzene rings is 1. The van der Waals surface area contributed by atoms with Crippen LogP contribution in [0, 0.1) is 0 Å². The number of unbranched alkanes of at least 4 members (excludes halogenated alkanes) is 2. The fraction of sp³-hybridized carbons (Fsp3) is 0.500. The van der Waals surface area contributed by atoms with Crippen LogP contribution in [0.5, 0.6) is 0 Å². The van der Waals surface area contributed by atoms with Gasteiger partial charge in [0.25, 0.3) is 0 Å². The highest BCUT2D eigenvalue weighted by molar-refractivity contribution is 9.10. The third kappa shape index (κ3) is 4.30. The first-order valence-electron chi connectivity index (χ1n) is 7.27. The molecule has 1 aliphatic rings. The molecule has 1 aromatic rings. The summed E-state index contributed by atoms with van der Waals surface area (Å²) in [5.74, 6) is -0.00966. The molecule has 0 N–H and O–H groups in total. The van der Waals surface area contributed by atoms with Gasteiger partial charge in [-0.25, -0.2) is 0 Å². The van der Waals surface area contributed by atoms with Crippen molar-refractivity contribution in [2.24, 2.45) is 0 Å². The van der Waals surface area contributed by atoms with Crippen molar-refractivity contribution in [1.82, 2.24) is 0 Å². The number of fused-ring (bicyclic) bond motifs is 1. The zero-order valence-electron chi connectivity index (χ0n) is 12.2. The maximum atomic E-state index is 12.3. The topological polar surface area (TPSA) is 46.6 Å². The molecule has 0 unspecified atom stereocenters. The summed E-state index contributed by atoms with van der Waals surface area (Å²) in [6, 6.07) is 6.10. The molecule has 0 saturated carbocycles. The molecule has 1 aromatic carbocycles. The molecule has 0 bridgehead atoms. The second-order valence-electron chi connectivity index (χ2n) is 5.21. The summed E-state index contributed by atoms with van der Waals surface area (Å²) in [5.41, 5.74) is 2.26. The summed E-state index contributed by atoms with van der Waals surface area (Å²) in [6.07, 6.45) is 4.37. The molecule has 5 heteroatoms. The first kappa shape index (κ1) is 16.0. The second kappa shape index (κ2) is 7.59. The van der Waals surface area contributed by atoms with Crippen molar-refractivity contribution in [3.8, 4) is 0 Å². The largest absolute Gasteiger partial charge is 0.469 e. The van der Waals surface area contributed by atoms with Gasteiger partial charge in [-0.1, -0.05) is 28.4 Å². The van der Waals surface area contributed by atoms with Gasteiger partial charge in [0.15, 0.2) is 0 Å². The quantitative estimate of drug-likeness (QED) is 0.581. The highest BCUT2D eigenvalue weighted by Crippen LogP contribution is 2.31. The Bertz CT molecular complexity index is 530. The molecule has 0 fully saturated rings. The molecule has 0 atom stereocenters. The Morgan fingerprint density at radius 3 is 2.76 bits per heavy atom. The minimum atomic E-state index is -0.181. The number of amides is 1. The lowest BCUT2D eigenvalue weighted by Crippen LogP contribution is -2.28. The number of hydrogen-bond donors (Lipinski definition) is 0. The van der Waals surface area contributed by atoms with Gasteiger partial charge in [0.1, 0.15) is 0 Å². The lowest BCUT2D eigenvalue weighted by Gasteiger charge is -2.17. The molecular weight excluding hydrogens is 334 g/mol. The molecule has 1 heterocycles. The Morgan fingerprint density at radius 1 is 1.24 bits per heavy atom. The Labute approximate surface area is 133 Å². The molecule has 114 valence electrons. The van der Waals surface area contributed by atoms with E-state index in [0.29, 0.717) is 12.8 Å². The van der Waals surface area contributed by atoms with Crippen LogP contribution in [0.4, 0.5) is 5.69 Å². The number of methoxy groups -OCH3 is 1. The van der Waals surface area contributed by atoms with Gasteiger partial charge in [-0.15, -0.1) is 0 Å². The van der Waals surface area contributed by atoms with Gasteiger partial charge < -0.3 is 9.64 Å². The van der Waals surface area contributed by atoms with Gasteiger partial charge in [0, 0.05) is 29.5 Å². The molecule has 0 aromatic heterocycles. The van der Waals surface area contributed by atoms with Crippen molar-refractivity contribution >= 4 is 33.5 Å². The van der Waals surface area contributed by atoms with Crippen molar-refractivity contribution in [3.05, 3.63) is 28.2 Å². The standard InChI is InChI=1S/C16H20BrNO3/c1-21-16(20)6-4-2-3-5-15(19)18-10-9-12-7-8-13(17)11-14(12)18/h7-8,11H,2-6,9-10H2,1H3. The van der Waals surface area contributed by atoms with Crippen molar-refractivity contribution in [2.75, 3.05) is 18.6 Å². The third-order valence-corrected chi connectivity index (χ3v) is 4.24. The number of anilines is 1. The molecule has 1 aliphatic heterocycles. The average molecular weight is 354 g/mol. The van der Waals surface area contributed by atoms with E-state index in [9.17, 15) is 9.59 Å². The van der Waals surface area contributed by atoms with Crippen molar-refractivity contribution < 1.29 is 14.3 Å². The van der Waals surface area contributed by atoms with Gasteiger partial charge in [-0.2, -0.15) is 0 Å². The molecule has 4 nitrogen and oxygen atoms in total. The maximum absolute atomic E-state index is 12.3. The summed E-state index contributed by atoms with van der Waals surface area (Å²) in [7, 11) is 1.40. The highest BCUT2D eigenvalue weighted by atomic mass is 79.9. The molecule has 0 saturated heterocycles. The van der Waals surface area contributed by atoms with Crippen LogP contribution in [0.25, 0.3) is 0 Å². The van der Waals surface area contributed by atoms with Gasteiger partial charge in [-0.3, -0.25) is 9.59 Å². The number of hydrogen-bond acceptors (Lipinski definition) is 3. The normalized spacial score (nSPS) is 13.1. The Morgan fingerprint density at radius 2 is 2.00 bits per heavy atom. The van der Waals surface area contributed by atoms with Crippen LogP contribution in [0.1, 0.15) is 37.7 Å². The zero-order valence-corrected chi connectivity index (χ0v) is 13.8. The average Bonchev–Trinajstić information content (AvgIpc) is 2.89. The lowest BCUT2D eigenvalue weighted by atomic mass is 10.1. The molecule has 0 spiro atoms.